The van der Waals surface area contributed by atoms with Gasteiger partial charge < -0.3 is 4.74 Å². The lowest BCUT2D eigenvalue weighted by molar-refractivity contribution is 0.415. The van der Waals surface area contributed by atoms with Gasteiger partial charge in [-0.25, -0.2) is 4.39 Å². The Morgan fingerprint density at radius 1 is 1.14 bits per heavy atom. The Kier molecular flexibility index (Phi) is 3.58. The van der Waals surface area contributed by atoms with Gasteiger partial charge in [-0.2, -0.15) is 10.4 Å². The van der Waals surface area contributed by atoms with Crippen LogP contribution in [0.2, 0.25) is 0 Å². The van der Waals surface area contributed by atoms with Gasteiger partial charge in [0.2, 0.25) is 0 Å². The van der Waals surface area contributed by atoms with E-state index in [0.717, 1.165) is 17.0 Å². The molecule has 1 N–H and O–H groups in total. The van der Waals surface area contributed by atoms with Crippen LogP contribution in [0.15, 0.2) is 48.5 Å². The molecule has 5 heteroatoms. The summed E-state index contributed by atoms with van der Waals surface area (Å²) in [5, 5.41) is 16.1. The van der Waals surface area contributed by atoms with Gasteiger partial charge in [0, 0.05) is 11.1 Å². The molecule has 0 fully saturated rings. The Morgan fingerprint density at radius 3 is 2.77 bits per heavy atom. The lowest BCUT2D eigenvalue weighted by Gasteiger charge is -2.01. The van der Waals surface area contributed by atoms with Gasteiger partial charge in [0.25, 0.3) is 0 Å². The largest absolute Gasteiger partial charge is 0.497 e. The van der Waals surface area contributed by atoms with Crippen LogP contribution in [-0.4, -0.2) is 17.3 Å². The van der Waals surface area contributed by atoms with Crippen molar-refractivity contribution in [2.24, 2.45) is 0 Å². The molecule has 0 amide bonds. The minimum atomic E-state index is -0.533. The average Bonchev–Trinajstić information content (AvgIpc) is 3.05. The van der Waals surface area contributed by atoms with Crippen LogP contribution in [0.3, 0.4) is 0 Å². The zero-order valence-electron chi connectivity index (χ0n) is 11.8. The summed E-state index contributed by atoms with van der Waals surface area (Å²) in [4.78, 5) is 0. The second kappa shape index (κ2) is 5.70. The van der Waals surface area contributed by atoms with Gasteiger partial charge >= 0.3 is 0 Å². The first kappa shape index (κ1) is 13.8. The molecule has 0 aliphatic rings. The Hall–Kier alpha value is -3.13. The molecule has 1 aromatic heterocycles. The quantitative estimate of drug-likeness (QED) is 0.799. The summed E-state index contributed by atoms with van der Waals surface area (Å²) in [6, 6.07) is 15.6. The highest BCUT2D eigenvalue weighted by molar-refractivity contribution is 5.69. The summed E-state index contributed by atoms with van der Waals surface area (Å²) in [5.74, 6) is 0.219. The summed E-state index contributed by atoms with van der Waals surface area (Å²) in [5.41, 5.74) is 3.08. The van der Waals surface area contributed by atoms with Crippen molar-refractivity contribution in [1.82, 2.24) is 10.2 Å². The molecule has 2 aromatic carbocycles. The van der Waals surface area contributed by atoms with Crippen LogP contribution in [0.4, 0.5) is 4.39 Å². The lowest BCUT2D eigenvalue weighted by atomic mass is 10.1. The number of methoxy groups -OCH3 is 1. The molecule has 22 heavy (non-hydrogen) atoms. The molecule has 0 aliphatic heterocycles. The predicted octanol–water partition coefficient (Wildman–Crippen LogP) is 3.76. The Bertz CT molecular complexity index is 864. The number of rotatable bonds is 3. The Morgan fingerprint density at radius 2 is 2.00 bits per heavy atom. The predicted molar refractivity (Wildman–Crippen MR) is 80.7 cm³/mol. The molecule has 1 heterocycles. The molecule has 0 saturated carbocycles. The number of benzene rings is 2. The van der Waals surface area contributed by atoms with Gasteiger partial charge in [-0.15, -0.1) is 0 Å². The number of hydrogen-bond acceptors (Lipinski definition) is 3. The van der Waals surface area contributed by atoms with Crippen LogP contribution < -0.4 is 4.74 Å². The maximum Gasteiger partial charge on any atom is 0.140 e. The minimum Gasteiger partial charge on any atom is -0.497 e. The molecule has 0 spiro atoms. The molecule has 0 saturated heterocycles. The van der Waals surface area contributed by atoms with Gasteiger partial charge in [-0.3, -0.25) is 5.10 Å². The highest BCUT2D eigenvalue weighted by atomic mass is 19.1. The van der Waals surface area contributed by atoms with Crippen molar-refractivity contribution >= 4 is 0 Å². The number of halogens is 1. The Balaban J connectivity index is 1.98. The number of aromatic nitrogens is 2. The summed E-state index contributed by atoms with van der Waals surface area (Å²) in [6.45, 7) is 0. The van der Waals surface area contributed by atoms with E-state index in [-0.39, 0.29) is 5.56 Å². The molecule has 0 bridgehead atoms. The normalized spacial score (nSPS) is 10.2. The van der Waals surface area contributed by atoms with Crippen LogP contribution in [-0.2, 0) is 0 Å². The number of aromatic amines is 1. The van der Waals surface area contributed by atoms with E-state index in [1.54, 1.807) is 13.2 Å². The smallest absolute Gasteiger partial charge is 0.140 e. The zero-order valence-corrected chi connectivity index (χ0v) is 11.8. The number of hydrogen-bond donors (Lipinski definition) is 1. The van der Waals surface area contributed by atoms with Crippen molar-refractivity contribution in [1.29, 1.82) is 5.26 Å². The molecule has 108 valence electrons. The van der Waals surface area contributed by atoms with Gasteiger partial charge in [0.15, 0.2) is 0 Å². The number of nitrogens with zero attached hydrogens (tertiary/aromatic N) is 2. The molecule has 0 atom stereocenters. The third-order valence-corrected chi connectivity index (χ3v) is 3.34. The van der Waals surface area contributed by atoms with Gasteiger partial charge in [0.05, 0.1) is 24.1 Å². The van der Waals surface area contributed by atoms with Crippen molar-refractivity contribution in [2.75, 3.05) is 7.11 Å². The third kappa shape index (κ3) is 2.54. The van der Waals surface area contributed by atoms with Crippen molar-refractivity contribution in [3.63, 3.8) is 0 Å². The number of ether oxygens (including phenoxy) is 1. The number of H-pyrrole nitrogens is 1. The van der Waals surface area contributed by atoms with Crippen LogP contribution in [0, 0.1) is 17.1 Å². The second-order valence-electron chi connectivity index (χ2n) is 4.71. The summed E-state index contributed by atoms with van der Waals surface area (Å²) >= 11 is 0. The highest BCUT2D eigenvalue weighted by Crippen LogP contribution is 2.27. The lowest BCUT2D eigenvalue weighted by Crippen LogP contribution is -1.85. The second-order valence-corrected chi connectivity index (χ2v) is 4.71. The zero-order chi connectivity index (χ0) is 15.5. The highest BCUT2D eigenvalue weighted by Gasteiger charge is 2.09. The van der Waals surface area contributed by atoms with Gasteiger partial charge in [0.1, 0.15) is 17.6 Å². The van der Waals surface area contributed by atoms with E-state index in [1.807, 2.05) is 36.4 Å². The molecule has 0 unspecified atom stereocenters. The molecule has 3 aromatic rings. The molecule has 4 nitrogen and oxygen atoms in total. The van der Waals surface area contributed by atoms with E-state index in [0.29, 0.717) is 11.3 Å². The Labute approximate surface area is 126 Å². The SMILES string of the molecule is COc1cccc(-c2cc(-c3ccc(F)c(C#N)c3)n[nH]2)c1. The third-order valence-electron chi connectivity index (χ3n) is 3.34. The molecule has 3 rings (SSSR count). The van der Waals surface area contributed by atoms with Crippen molar-refractivity contribution in [3.8, 4) is 34.3 Å². The molecular formula is C17H12FN3O. The van der Waals surface area contributed by atoms with E-state index < -0.39 is 5.82 Å². The van der Waals surface area contributed by atoms with E-state index in [2.05, 4.69) is 10.2 Å². The standard InChI is InChI=1S/C17H12FN3O/c1-22-14-4-2-3-11(8-14)16-9-17(21-20-16)12-5-6-15(18)13(7-12)10-19/h2-9H,1H3,(H,20,21). The molecular weight excluding hydrogens is 281 g/mol. The fraction of sp³-hybridized carbons (Fsp3) is 0.0588. The summed E-state index contributed by atoms with van der Waals surface area (Å²) in [6.07, 6.45) is 0. The average molecular weight is 293 g/mol. The van der Waals surface area contributed by atoms with Gasteiger partial charge in [-0.05, 0) is 36.4 Å². The van der Waals surface area contributed by atoms with E-state index in [4.69, 9.17) is 10.00 Å². The molecule has 0 aliphatic carbocycles. The fourth-order valence-electron chi connectivity index (χ4n) is 2.18. The van der Waals surface area contributed by atoms with E-state index in [9.17, 15) is 4.39 Å². The first-order valence-corrected chi connectivity index (χ1v) is 6.61. The number of nitriles is 1. The monoisotopic (exact) mass is 293 g/mol. The topological polar surface area (TPSA) is 61.7 Å². The van der Waals surface area contributed by atoms with Crippen LogP contribution >= 0.6 is 0 Å². The minimum absolute atomic E-state index is 0.00318. The summed E-state index contributed by atoms with van der Waals surface area (Å²) < 4.78 is 18.6. The van der Waals surface area contributed by atoms with E-state index >= 15 is 0 Å². The van der Waals surface area contributed by atoms with Gasteiger partial charge in [-0.1, -0.05) is 12.1 Å². The van der Waals surface area contributed by atoms with Crippen LogP contribution in [0.5, 0.6) is 5.75 Å². The maximum absolute atomic E-state index is 13.4. The fourth-order valence-corrected chi connectivity index (χ4v) is 2.18. The first-order valence-electron chi connectivity index (χ1n) is 6.61. The van der Waals surface area contributed by atoms with E-state index in [1.165, 1.54) is 12.1 Å². The van der Waals surface area contributed by atoms with Crippen LogP contribution in [0.25, 0.3) is 22.5 Å². The van der Waals surface area contributed by atoms with Crippen molar-refractivity contribution < 1.29 is 9.13 Å². The van der Waals surface area contributed by atoms with Crippen molar-refractivity contribution in [3.05, 3.63) is 59.9 Å². The summed E-state index contributed by atoms with van der Waals surface area (Å²) in [7, 11) is 1.61. The first-order chi connectivity index (χ1) is 10.7. The van der Waals surface area contributed by atoms with Crippen LogP contribution in [0.1, 0.15) is 5.56 Å². The molecule has 0 radical (unpaired) electrons. The van der Waals surface area contributed by atoms with Crippen molar-refractivity contribution in [2.45, 2.75) is 0 Å². The number of nitrogens with one attached hydrogen (secondary N) is 1. The maximum atomic E-state index is 13.4.